The van der Waals surface area contributed by atoms with Crippen LogP contribution in [0.3, 0.4) is 0 Å². The zero-order valence-corrected chi connectivity index (χ0v) is 17.1. The van der Waals surface area contributed by atoms with Gasteiger partial charge in [0.2, 0.25) is 5.91 Å². The van der Waals surface area contributed by atoms with Gasteiger partial charge in [-0.2, -0.15) is 13.2 Å². The number of hydrogen-bond acceptors (Lipinski definition) is 4. The first-order chi connectivity index (χ1) is 14.6. The fraction of sp³-hybridized carbons (Fsp3) is 0.409. The largest absolute Gasteiger partial charge is 0.416 e. The Bertz CT molecular complexity index is 1000. The maximum atomic E-state index is 13.4. The third kappa shape index (κ3) is 4.14. The van der Waals surface area contributed by atoms with Crippen molar-refractivity contribution in [3.63, 3.8) is 0 Å². The Morgan fingerprint density at radius 3 is 2.35 bits per heavy atom. The normalized spacial score (nSPS) is 20.2. The number of carbonyl (C=O) groups is 2. The Labute approximate surface area is 177 Å². The first-order valence-electron chi connectivity index (χ1n) is 9.93. The lowest BCUT2D eigenvalue weighted by atomic mass is 9.92. The second-order valence-corrected chi connectivity index (χ2v) is 8.04. The lowest BCUT2D eigenvalue weighted by Gasteiger charge is -2.45. The van der Waals surface area contributed by atoms with Crippen LogP contribution in [0, 0.1) is 19.8 Å². The van der Waals surface area contributed by atoms with Crippen LogP contribution < -0.4 is 4.90 Å². The smallest absolute Gasteiger partial charge is 0.380 e. The maximum Gasteiger partial charge on any atom is 0.416 e. The molecule has 9 heteroatoms. The highest BCUT2D eigenvalue weighted by Crippen LogP contribution is 2.32. The number of hydrogen-bond donors (Lipinski definition) is 0. The minimum atomic E-state index is -4.43. The predicted octanol–water partition coefficient (Wildman–Crippen LogP) is 3.11. The molecule has 2 saturated heterocycles. The molecule has 1 unspecified atom stereocenters. The lowest BCUT2D eigenvalue weighted by Crippen LogP contribution is -2.65. The second kappa shape index (κ2) is 7.96. The summed E-state index contributed by atoms with van der Waals surface area (Å²) in [6.07, 6.45) is -2.78. The zero-order chi connectivity index (χ0) is 22.3. The molecule has 2 aromatic rings. The molecule has 2 aliphatic heterocycles. The van der Waals surface area contributed by atoms with Gasteiger partial charge in [0.1, 0.15) is 18.4 Å². The van der Waals surface area contributed by atoms with Crippen LogP contribution in [0.25, 0.3) is 0 Å². The maximum absolute atomic E-state index is 13.4. The summed E-state index contributed by atoms with van der Waals surface area (Å²) < 4.78 is 43.8. The van der Waals surface area contributed by atoms with Crippen molar-refractivity contribution < 1.29 is 27.5 Å². The van der Waals surface area contributed by atoms with Crippen molar-refractivity contribution in [3.8, 4) is 0 Å². The molecule has 1 aromatic heterocycles. The topological polar surface area (TPSA) is 62.7 Å². The fourth-order valence-electron chi connectivity index (χ4n) is 4.00. The summed E-state index contributed by atoms with van der Waals surface area (Å²) in [5, 5.41) is 0. The molecule has 6 nitrogen and oxygen atoms in total. The average Bonchev–Trinajstić information content (AvgIpc) is 2.66. The first kappa shape index (κ1) is 21.3. The number of halogens is 3. The van der Waals surface area contributed by atoms with Crippen molar-refractivity contribution in [1.82, 2.24) is 9.88 Å². The van der Waals surface area contributed by atoms with E-state index < -0.39 is 17.8 Å². The number of pyridine rings is 1. The number of nitrogens with zero attached hydrogens (tertiary/aromatic N) is 3. The van der Waals surface area contributed by atoms with Crippen LogP contribution >= 0.6 is 0 Å². The van der Waals surface area contributed by atoms with Crippen molar-refractivity contribution in [2.75, 3.05) is 24.7 Å². The number of piperazine rings is 1. The summed E-state index contributed by atoms with van der Waals surface area (Å²) in [6, 6.07) is 5.80. The Hall–Kier alpha value is -2.94. The first-order valence-corrected chi connectivity index (χ1v) is 9.93. The van der Waals surface area contributed by atoms with Crippen LogP contribution in [-0.2, 0) is 27.0 Å². The van der Waals surface area contributed by atoms with E-state index in [-0.39, 0.29) is 30.8 Å². The van der Waals surface area contributed by atoms with Crippen molar-refractivity contribution in [2.45, 2.75) is 32.6 Å². The van der Waals surface area contributed by atoms with E-state index >= 15 is 0 Å². The molecule has 1 aromatic carbocycles. The van der Waals surface area contributed by atoms with E-state index in [1.54, 1.807) is 6.20 Å². The number of alkyl halides is 3. The molecule has 0 N–H and O–H groups in total. The Balaban J connectivity index is 1.61. The molecular formula is C22H22F3N3O3. The van der Waals surface area contributed by atoms with Gasteiger partial charge in [0, 0.05) is 18.7 Å². The minimum Gasteiger partial charge on any atom is -0.380 e. The van der Waals surface area contributed by atoms with Gasteiger partial charge in [-0.15, -0.1) is 0 Å². The standard InChI is InChI=1S/C22H22F3N3O3/c1-13-7-14(2)20(26-8-13)28-10-18(29)27(19(21(28)30)16-11-31-12-16)9-15-3-5-17(6-4-15)22(23,24)25/h3-8,16,19H,9-12H2,1-2H3. The third-order valence-corrected chi connectivity index (χ3v) is 5.66. The molecule has 2 fully saturated rings. The van der Waals surface area contributed by atoms with E-state index in [1.807, 2.05) is 19.9 Å². The van der Waals surface area contributed by atoms with E-state index in [9.17, 15) is 22.8 Å². The predicted molar refractivity (Wildman–Crippen MR) is 106 cm³/mol. The summed E-state index contributed by atoms with van der Waals surface area (Å²) in [7, 11) is 0. The molecule has 4 rings (SSSR count). The molecule has 0 radical (unpaired) electrons. The van der Waals surface area contributed by atoms with Gasteiger partial charge in [0.15, 0.2) is 0 Å². The van der Waals surface area contributed by atoms with Crippen LogP contribution in [0.5, 0.6) is 0 Å². The van der Waals surface area contributed by atoms with Crippen LogP contribution in [0.2, 0.25) is 0 Å². The number of carbonyl (C=O) groups excluding carboxylic acids is 2. The number of anilines is 1. The van der Waals surface area contributed by atoms with Gasteiger partial charge >= 0.3 is 6.18 Å². The number of aromatic nitrogens is 1. The highest BCUT2D eigenvalue weighted by Gasteiger charge is 2.47. The van der Waals surface area contributed by atoms with Gasteiger partial charge in [-0.25, -0.2) is 4.98 Å². The monoisotopic (exact) mass is 433 g/mol. The fourth-order valence-corrected chi connectivity index (χ4v) is 4.00. The van der Waals surface area contributed by atoms with Crippen molar-refractivity contribution in [2.24, 2.45) is 5.92 Å². The molecule has 2 amide bonds. The molecule has 0 aliphatic carbocycles. The molecule has 0 bridgehead atoms. The Kier molecular flexibility index (Phi) is 5.47. The van der Waals surface area contributed by atoms with Gasteiger partial charge in [-0.3, -0.25) is 14.5 Å². The Morgan fingerprint density at radius 2 is 1.81 bits per heavy atom. The van der Waals surface area contributed by atoms with Gasteiger partial charge in [-0.1, -0.05) is 18.2 Å². The molecule has 0 spiro atoms. The number of rotatable bonds is 4. The molecule has 164 valence electrons. The van der Waals surface area contributed by atoms with Gasteiger partial charge < -0.3 is 9.64 Å². The highest BCUT2D eigenvalue weighted by molar-refractivity contribution is 6.06. The third-order valence-electron chi connectivity index (χ3n) is 5.66. The van der Waals surface area contributed by atoms with Gasteiger partial charge in [0.05, 0.1) is 18.8 Å². The summed E-state index contributed by atoms with van der Waals surface area (Å²) >= 11 is 0. The summed E-state index contributed by atoms with van der Waals surface area (Å²) in [4.78, 5) is 33.7. The van der Waals surface area contributed by atoms with Crippen molar-refractivity contribution in [3.05, 3.63) is 58.8 Å². The van der Waals surface area contributed by atoms with Gasteiger partial charge in [-0.05, 0) is 42.7 Å². The van der Waals surface area contributed by atoms with E-state index in [0.717, 1.165) is 23.3 Å². The number of benzene rings is 1. The lowest BCUT2D eigenvalue weighted by molar-refractivity contribution is -0.155. The number of aryl methyl sites for hydroxylation is 2. The van der Waals surface area contributed by atoms with Crippen molar-refractivity contribution >= 4 is 17.6 Å². The summed E-state index contributed by atoms with van der Waals surface area (Å²) in [6.45, 7) is 4.32. The molecule has 31 heavy (non-hydrogen) atoms. The molecule has 3 heterocycles. The highest BCUT2D eigenvalue weighted by atomic mass is 19.4. The molecule has 1 atom stereocenters. The van der Waals surface area contributed by atoms with E-state index in [2.05, 4.69) is 4.98 Å². The molecule has 0 saturated carbocycles. The number of ether oxygens (including phenoxy) is 1. The Morgan fingerprint density at radius 1 is 1.13 bits per heavy atom. The van der Waals surface area contributed by atoms with Crippen LogP contribution in [0.15, 0.2) is 36.5 Å². The van der Waals surface area contributed by atoms with Gasteiger partial charge in [0.25, 0.3) is 5.91 Å². The second-order valence-electron chi connectivity index (χ2n) is 8.04. The van der Waals surface area contributed by atoms with Crippen LogP contribution in [0.1, 0.15) is 22.3 Å². The molecular weight excluding hydrogens is 411 g/mol. The summed E-state index contributed by atoms with van der Waals surface area (Å²) in [5.74, 6) is -0.250. The van der Waals surface area contributed by atoms with E-state index in [4.69, 9.17) is 4.74 Å². The van der Waals surface area contributed by atoms with Crippen LogP contribution in [0.4, 0.5) is 19.0 Å². The quantitative estimate of drug-likeness (QED) is 0.744. The minimum absolute atomic E-state index is 0.0536. The zero-order valence-electron chi connectivity index (χ0n) is 17.1. The average molecular weight is 433 g/mol. The summed E-state index contributed by atoms with van der Waals surface area (Å²) in [5.41, 5.74) is 1.51. The van der Waals surface area contributed by atoms with E-state index in [0.29, 0.717) is 24.6 Å². The SMILES string of the molecule is Cc1cnc(N2CC(=O)N(Cc3ccc(C(F)(F)F)cc3)C(C3COC3)C2=O)c(C)c1. The van der Waals surface area contributed by atoms with Crippen LogP contribution in [-0.4, -0.2) is 47.5 Å². The number of amides is 2. The molecule has 2 aliphatic rings. The van der Waals surface area contributed by atoms with E-state index in [1.165, 1.54) is 21.9 Å². The van der Waals surface area contributed by atoms with Crippen molar-refractivity contribution in [1.29, 1.82) is 0 Å².